The Hall–Kier alpha value is -1.37. The lowest BCUT2D eigenvalue weighted by Crippen LogP contribution is -2.42. The molecule has 2 aromatic rings. The Balaban J connectivity index is 2.29. The third kappa shape index (κ3) is 4.25. The highest BCUT2D eigenvalue weighted by atomic mass is 32.2. The van der Waals surface area contributed by atoms with Gasteiger partial charge in [-0.05, 0) is 60.6 Å². The minimum atomic E-state index is -3.58. The van der Waals surface area contributed by atoms with Crippen molar-refractivity contribution in [3.8, 4) is 0 Å². The molecule has 0 amide bonds. The summed E-state index contributed by atoms with van der Waals surface area (Å²) in [6.07, 6.45) is 4.05. The number of hydrogen-bond donors (Lipinski definition) is 1. The van der Waals surface area contributed by atoms with Crippen LogP contribution in [0.15, 0.2) is 52.3 Å². The first kappa shape index (κ1) is 22.3. The van der Waals surface area contributed by atoms with E-state index in [0.29, 0.717) is 18.4 Å². The number of benzene rings is 2. The van der Waals surface area contributed by atoms with Gasteiger partial charge in [0.1, 0.15) is 5.82 Å². The maximum absolute atomic E-state index is 13.6. The van der Waals surface area contributed by atoms with E-state index < -0.39 is 27.3 Å². The molecule has 6 heteroatoms. The lowest BCUT2D eigenvalue weighted by atomic mass is 9.69. The highest BCUT2D eigenvalue weighted by molar-refractivity contribution is 7.98. The van der Waals surface area contributed by atoms with E-state index in [1.807, 2.05) is 25.3 Å². The fourth-order valence-electron chi connectivity index (χ4n) is 4.51. The van der Waals surface area contributed by atoms with Gasteiger partial charge in [-0.3, -0.25) is 0 Å². The van der Waals surface area contributed by atoms with Crippen molar-refractivity contribution in [2.75, 3.05) is 12.0 Å². The number of thioether (sulfide) groups is 1. The van der Waals surface area contributed by atoms with Gasteiger partial charge in [0, 0.05) is 16.2 Å². The predicted octanol–water partition coefficient (Wildman–Crippen LogP) is 5.41. The average molecular weight is 437 g/mol. The highest BCUT2D eigenvalue weighted by Crippen LogP contribution is 2.49. The van der Waals surface area contributed by atoms with Crippen molar-refractivity contribution in [3.63, 3.8) is 0 Å². The van der Waals surface area contributed by atoms with Crippen molar-refractivity contribution < 1.29 is 17.9 Å². The molecule has 0 saturated heterocycles. The monoisotopic (exact) mass is 436 g/mol. The molecule has 0 bridgehead atoms. The summed E-state index contributed by atoms with van der Waals surface area (Å²) >= 11 is 1.53. The number of sulfone groups is 1. The van der Waals surface area contributed by atoms with E-state index in [9.17, 15) is 17.9 Å². The van der Waals surface area contributed by atoms with Crippen LogP contribution in [0.4, 0.5) is 4.39 Å². The van der Waals surface area contributed by atoms with E-state index in [1.54, 1.807) is 18.2 Å². The molecule has 3 rings (SSSR count). The van der Waals surface area contributed by atoms with Crippen LogP contribution in [0.2, 0.25) is 0 Å². The van der Waals surface area contributed by atoms with Gasteiger partial charge in [-0.2, -0.15) is 0 Å². The first-order valence-corrected chi connectivity index (χ1v) is 13.0. The summed E-state index contributed by atoms with van der Waals surface area (Å²) in [4.78, 5) is 1.23. The van der Waals surface area contributed by atoms with Crippen LogP contribution in [0.3, 0.4) is 0 Å². The van der Waals surface area contributed by atoms with E-state index in [-0.39, 0.29) is 16.5 Å². The Labute approximate surface area is 177 Å². The molecule has 0 unspecified atom stereocenters. The zero-order valence-electron chi connectivity index (χ0n) is 17.2. The number of aliphatic hydroxyl groups is 1. The number of unbranched alkanes of at least 4 members (excludes halogenated alkanes) is 1. The molecule has 0 saturated carbocycles. The van der Waals surface area contributed by atoms with Gasteiger partial charge < -0.3 is 5.11 Å². The van der Waals surface area contributed by atoms with Crippen LogP contribution in [-0.4, -0.2) is 31.6 Å². The van der Waals surface area contributed by atoms with Crippen molar-refractivity contribution in [3.05, 3.63) is 59.4 Å². The summed E-state index contributed by atoms with van der Waals surface area (Å²) in [7, 11) is -3.58. The van der Waals surface area contributed by atoms with Gasteiger partial charge in [-0.1, -0.05) is 38.8 Å². The van der Waals surface area contributed by atoms with Crippen LogP contribution in [-0.2, 0) is 9.84 Å². The van der Waals surface area contributed by atoms with Gasteiger partial charge in [-0.25, -0.2) is 12.8 Å². The number of hydrogen-bond acceptors (Lipinski definition) is 4. The summed E-state index contributed by atoms with van der Waals surface area (Å²) in [5.74, 6) is -0.942. The number of halogens is 1. The SMILES string of the molecule is CCCC[C@]1(CC)CS(=O)(=O)c2ccc(SC)cc2[C@@H](c2ccc(F)cc2)[C@H]1O. The molecule has 1 aliphatic rings. The highest BCUT2D eigenvalue weighted by Gasteiger charge is 2.48. The van der Waals surface area contributed by atoms with Crippen LogP contribution in [0.1, 0.15) is 56.6 Å². The van der Waals surface area contributed by atoms with Crippen LogP contribution in [0.5, 0.6) is 0 Å². The van der Waals surface area contributed by atoms with Crippen molar-refractivity contribution in [2.45, 2.75) is 61.3 Å². The third-order valence-corrected chi connectivity index (χ3v) is 8.99. The van der Waals surface area contributed by atoms with Crippen LogP contribution in [0.25, 0.3) is 0 Å². The van der Waals surface area contributed by atoms with E-state index in [2.05, 4.69) is 6.92 Å². The van der Waals surface area contributed by atoms with Crippen molar-refractivity contribution >= 4 is 21.6 Å². The second-order valence-corrected chi connectivity index (χ2v) is 10.8. The maximum atomic E-state index is 13.6. The molecule has 1 aliphatic heterocycles. The molecule has 0 fully saturated rings. The summed E-state index contributed by atoms with van der Waals surface area (Å²) in [5, 5.41) is 11.7. The fraction of sp³-hybridized carbons (Fsp3) is 0.478. The smallest absolute Gasteiger partial charge is 0.179 e. The topological polar surface area (TPSA) is 54.4 Å². The van der Waals surface area contributed by atoms with E-state index in [1.165, 1.54) is 23.9 Å². The molecule has 29 heavy (non-hydrogen) atoms. The van der Waals surface area contributed by atoms with E-state index in [4.69, 9.17) is 0 Å². The lowest BCUT2D eigenvalue weighted by molar-refractivity contribution is 0.0173. The second-order valence-electron chi connectivity index (χ2n) is 7.96. The molecule has 0 spiro atoms. The van der Waals surface area contributed by atoms with Gasteiger partial charge in [0.05, 0.1) is 16.8 Å². The minimum absolute atomic E-state index is 0.0685. The molecule has 158 valence electrons. The van der Waals surface area contributed by atoms with Crippen LogP contribution >= 0.6 is 11.8 Å². The third-order valence-electron chi connectivity index (χ3n) is 6.27. The normalized spacial score (nSPS) is 26.0. The number of rotatable bonds is 6. The summed E-state index contributed by atoms with van der Waals surface area (Å²) in [5.41, 5.74) is 0.611. The molecule has 0 radical (unpaired) electrons. The first-order valence-electron chi connectivity index (χ1n) is 10.1. The Morgan fingerprint density at radius 3 is 2.45 bits per heavy atom. The van der Waals surface area contributed by atoms with Crippen molar-refractivity contribution in [1.29, 1.82) is 0 Å². The molecular weight excluding hydrogens is 407 g/mol. The minimum Gasteiger partial charge on any atom is -0.392 e. The Morgan fingerprint density at radius 2 is 1.86 bits per heavy atom. The summed E-state index contributed by atoms with van der Waals surface area (Å²) < 4.78 is 40.4. The van der Waals surface area contributed by atoms with Crippen molar-refractivity contribution in [1.82, 2.24) is 0 Å². The predicted molar refractivity (Wildman–Crippen MR) is 117 cm³/mol. The molecule has 0 aliphatic carbocycles. The fourth-order valence-corrected chi connectivity index (χ4v) is 7.21. The largest absolute Gasteiger partial charge is 0.392 e. The second kappa shape index (κ2) is 8.78. The van der Waals surface area contributed by atoms with Gasteiger partial charge >= 0.3 is 0 Å². The number of fused-ring (bicyclic) bond motifs is 1. The molecule has 3 atom stereocenters. The van der Waals surface area contributed by atoms with Gasteiger partial charge in [0.15, 0.2) is 9.84 Å². The van der Waals surface area contributed by atoms with Gasteiger partial charge in [0.25, 0.3) is 0 Å². The molecular formula is C23H29FO3S2. The van der Waals surface area contributed by atoms with Crippen molar-refractivity contribution in [2.24, 2.45) is 5.41 Å². The zero-order valence-corrected chi connectivity index (χ0v) is 18.8. The van der Waals surface area contributed by atoms with E-state index >= 15 is 0 Å². The van der Waals surface area contributed by atoms with Gasteiger partial charge in [-0.15, -0.1) is 11.8 Å². The van der Waals surface area contributed by atoms with Crippen LogP contribution < -0.4 is 0 Å². The van der Waals surface area contributed by atoms with Crippen LogP contribution in [0, 0.1) is 11.2 Å². The Bertz CT molecular complexity index is 957. The number of aliphatic hydroxyl groups excluding tert-OH is 1. The van der Waals surface area contributed by atoms with E-state index in [0.717, 1.165) is 23.3 Å². The summed E-state index contributed by atoms with van der Waals surface area (Å²) in [6.45, 7) is 4.03. The quantitative estimate of drug-likeness (QED) is 0.615. The Morgan fingerprint density at radius 1 is 1.17 bits per heavy atom. The lowest BCUT2D eigenvalue weighted by Gasteiger charge is -2.39. The maximum Gasteiger partial charge on any atom is 0.179 e. The molecule has 1 heterocycles. The molecule has 2 aromatic carbocycles. The first-order chi connectivity index (χ1) is 13.8. The zero-order chi connectivity index (χ0) is 21.2. The molecule has 0 aromatic heterocycles. The summed E-state index contributed by atoms with van der Waals surface area (Å²) in [6, 6.07) is 11.4. The molecule has 1 N–H and O–H groups in total. The standard InChI is InChI=1S/C23H29FO3S2/c1-4-6-13-23(5-2)15-29(26,27)20-12-11-18(28-3)14-19(20)21(22(23)25)16-7-9-17(24)10-8-16/h7-12,14,21-22,25H,4-6,13,15H2,1-3H3/t21-,22-,23-/m1/s1. The van der Waals surface area contributed by atoms with Gasteiger partial charge in [0.2, 0.25) is 0 Å². The average Bonchev–Trinajstić information content (AvgIpc) is 2.78. The molecule has 3 nitrogen and oxygen atoms in total. The Kier molecular flexibility index (Phi) is 6.76.